The van der Waals surface area contributed by atoms with Gasteiger partial charge in [0.15, 0.2) is 5.41 Å². The van der Waals surface area contributed by atoms with Crippen LogP contribution in [0, 0.1) is 12.3 Å². The number of carboxylic acid groups (broad SMARTS) is 2. The summed E-state index contributed by atoms with van der Waals surface area (Å²) >= 11 is 0. The Labute approximate surface area is 197 Å². The number of carboxylic acids is 2. The molecular formula is C26H27N3O5. The first-order valence-corrected chi connectivity index (χ1v) is 11.6. The van der Waals surface area contributed by atoms with Crippen LogP contribution in [0.15, 0.2) is 47.0 Å². The van der Waals surface area contributed by atoms with Gasteiger partial charge in [-0.05, 0) is 61.3 Å². The molecule has 2 fully saturated rings. The third-order valence-electron chi connectivity index (χ3n) is 7.10. The second kappa shape index (κ2) is 8.68. The van der Waals surface area contributed by atoms with E-state index in [2.05, 4.69) is 40.2 Å². The van der Waals surface area contributed by atoms with Gasteiger partial charge < -0.3 is 14.7 Å². The average molecular weight is 462 g/mol. The molecule has 2 aromatic carbocycles. The van der Waals surface area contributed by atoms with Crippen molar-refractivity contribution < 1.29 is 24.3 Å². The monoisotopic (exact) mass is 461 g/mol. The summed E-state index contributed by atoms with van der Waals surface area (Å²) < 4.78 is 5.55. The summed E-state index contributed by atoms with van der Waals surface area (Å²) in [6.07, 6.45) is 2.73. The number of likely N-dealkylation sites (tertiary alicyclic amines) is 1. The molecule has 2 N–H and O–H groups in total. The first kappa shape index (κ1) is 22.3. The molecule has 0 spiro atoms. The van der Waals surface area contributed by atoms with E-state index in [1.54, 1.807) is 0 Å². The molecule has 0 atom stereocenters. The molecule has 8 nitrogen and oxygen atoms in total. The van der Waals surface area contributed by atoms with Crippen LogP contribution >= 0.6 is 0 Å². The van der Waals surface area contributed by atoms with E-state index in [0.29, 0.717) is 37.3 Å². The van der Waals surface area contributed by atoms with Crippen LogP contribution in [0.1, 0.15) is 48.3 Å². The van der Waals surface area contributed by atoms with Crippen molar-refractivity contribution in [2.75, 3.05) is 13.1 Å². The summed E-state index contributed by atoms with van der Waals surface area (Å²) in [5, 5.41) is 22.9. The van der Waals surface area contributed by atoms with E-state index in [9.17, 15) is 19.8 Å². The van der Waals surface area contributed by atoms with Crippen LogP contribution in [0.4, 0.5) is 0 Å². The van der Waals surface area contributed by atoms with E-state index < -0.39 is 17.4 Å². The quantitative estimate of drug-likeness (QED) is 0.499. The van der Waals surface area contributed by atoms with Crippen molar-refractivity contribution in [1.29, 1.82) is 0 Å². The number of carbonyl (C=O) groups is 2. The second-order valence-corrected chi connectivity index (χ2v) is 9.44. The number of benzene rings is 2. The smallest absolute Gasteiger partial charge is 0.321 e. The van der Waals surface area contributed by atoms with E-state index in [-0.39, 0.29) is 12.8 Å². The summed E-state index contributed by atoms with van der Waals surface area (Å²) in [5.74, 6) is -0.771. The van der Waals surface area contributed by atoms with Crippen LogP contribution in [0.3, 0.4) is 0 Å². The minimum absolute atomic E-state index is 0.0996. The number of aliphatic carboxylic acids is 2. The zero-order valence-corrected chi connectivity index (χ0v) is 19.0. The van der Waals surface area contributed by atoms with Crippen LogP contribution in [0.25, 0.3) is 22.8 Å². The molecule has 1 aromatic heterocycles. The lowest BCUT2D eigenvalue weighted by Crippen LogP contribution is -2.48. The number of hydrogen-bond acceptors (Lipinski definition) is 6. The zero-order valence-electron chi connectivity index (χ0n) is 19.0. The Morgan fingerprint density at radius 2 is 1.74 bits per heavy atom. The van der Waals surface area contributed by atoms with Crippen molar-refractivity contribution in [2.24, 2.45) is 5.41 Å². The van der Waals surface area contributed by atoms with Gasteiger partial charge in [0.05, 0.1) is 0 Å². The van der Waals surface area contributed by atoms with Gasteiger partial charge in [-0.2, -0.15) is 4.98 Å². The lowest BCUT2D eigenvalue weighted by molar-refractivity contribution is -0.168. The Morgan fingerprint density at radius 1 is 1.06 bits per heavy atom. The van der Waals surface area contributed by atoms with E-state index in [1.165, 1.54) is 18.4 Å². The molecule has 2 heterocycles. The maximum atomic E-state index is 11.5. The number of piperidine rings is 1. The largest absolute Gasteiger partial charge is 0.480 e. The van der Waals surface area contributed by atoms with Gasteiger partial charge in [0, 0.05) is 30.8 Å². The molecular weight excluding hydrogens is 434 g/mol. The molecule has 0 radical (unpaired) electrons. The fraction of sp³-hybridized carbons (Fsp3) is 0.385. The molecule has 0 unspecified atom stereocenters. The molecule has 176 valence electrons. The number of nitrogens with zero attached hydrogens (tertiary/aromatic N) is 3. The molecule has 34 heavy (non-hydrogen) atoms. The maximum Gasteiger partial charge on any atom is 0.321 e. The second-order valence-electron chi connectivity index (χ2n) is 9.44. The summed E-state index contributed by atoms with van der Waals surface area (Å²) in [7, 11) is 0. The van der Waals surface area contributed by atoms with Crippen molar-refractivity contribution >= 4 is 11.9 Å². The first-order valence-electron chi connectivity index (χ1n) is 11.6. The Bertz CT molecular complexity index is 1210. The summed E-state index contributed by atoms with van der Waals surface area (Å²) in [6, 6.07) is 14.3. The van der Waals surface area contributed by atoms with Gasteiger partial charge in [0.25, 0.3) is 5.89 Å². The van der Waals surface area contributed by atoms with Crippen LogP contribution in [-0.2, 0) is 16.1 Å². The minimum atomic E-state index is -1.67. The summed E-state index contributed by atoms with van der Waals surface area (Å²) in [6.45, 7) is 3.54. The first-order chi connectivity index (χ1) is 16.4. The number of aromatic nitrogens is 2. The summed E-state index contributed by atoms with van der Waals surface area (Å²) in [4.78, 5) is 29.7. The lowest BCUT2D eigenvalue weighted by Gasteiger charge is -2.36. The fourth-order valence-corrected chi connectivity index (χ4v) is 4.68. The van der Waals surface area contributed by atoms with Gasteiger partial charge in [-0.25, -0.2) is 0 Å². The predicted molar refractivity (Wildman–Crippen MR) is 124 cm³/mol. The Hall–Kier alpha value is -3.52. The SMILES string of the molecule is Cc1cc(C2CC2)ccc1-c1nc(-c2ccc(CN3CCC(C(=O)O)(C(=O)O)CC3)cc2)no1. The maximum absolute atomic E-state index is 11.5. The van der Waals surface area contributed by atoms with Crippen molar-refractivity contribution in [1.82, 2.24) is 15.0 Å². The van der Waals surface area contributed by atoms with Gasteiger partial charge in [-0.1, -0.05) is 41.6 Å². The highest BCUT2D eigenvalue weighted by Crippen LogP contribution is 2.41. The van der Waals surface area contributed by atoms with Gasteiger partial charge in [-0.3, -0.25) is 14.5 Å². The molecule has 0 bridgehead atoms. The molecule has 1 saturated carbocycles. The highest BCUT2D eigenvalue weighted by Gasteiger charge is 2.48. The van der Waals surface area contributed by atoms with Crippen molar-refractivity contribution in [3.8, 4) is 22.8 Å². The number of rotatable bonds is 7. The van der Waals surface area contributed by atoms with Crippen molar-refractivity contribution in [3.05, 3.63) is 59.2 Å². The number of hydrogen-bond donors (Lipinski definition) is 2. The third kappa shape index (κ3) is 4.21. The average Bonchev–Trinajstić information content (AvgIpc) is 3.57. The highest BCUT2D eigenvalue weighted by molar-refractivity contribution is 5.98. The Balaban J connectivity index is 1.24. The molecule has 2 aliphatic rings. The van der Waals surface area contributed by atoms with Crippen LogP contribution in [0.2, 0.25) is 0 Å². The topological polar surface area (TPSA) is 117 Å². The molecule has 8 heteroatoms. The van der Waals surface area contributed by atoms with Crippen molar-refractivity contribution in [3.63, 3.8) is 0 Å². The van der Waals surface area contributed by atoms with E-state index >= 15 is 0 Å². The van der Waals surface area contributed by atoms with Crippen LogP contribution < -0.4 is 0 Å². The van der Waals surface area contributed by atoms with Crippen LogP contribution in [-0.4, -0.2) is 50.3 Å². The highest BCUT2D eigenvalue weighted by atomic mass is 16.5. The lowest BCUT2D eigenvalue weighted by atomic mass is 9.78. The van der Waals surface area contributed by atoms with Gasteiger partial charge in [0.2, 0.25) is 5.82 Å². The van der Waals surface area contributed by atoms with Gasteiger partial charge >= 0.3 is 11.9 Å². The van der Waals surface area contributed by atoms with Crippen LogP contribution in [0.5, 0.6) is 0 Å². The molecule has 1 aliphatic heterocycles. The molecule has 0 amide bonds. The van der Waals surface area contributed by atoms with E-state index in [0.717, 1.165) is 22.3 Å². The zero-order chi connectivity index (χ0) is 23.9. The normalized spacial score (nSPS) is 18.0. The molecule has 5 rings (SSSR count). The molecule has 3 aromatic rings. The fourth-order valence-electron chi connectivity index (χ4n) is 4.68. The van der Waals surface area contributed by atoms with Crippen molar-refractivity contribution in [2.45, 2.75) is 45.1 Å². The van der Waals surface area contributed by atoms with E-state index in [4.69, 9.17) is 4.52 Å². The predicted octanol–water partition coefficient (Wildman–Crippen LogP) is 4.34. The van der Waals surface area contributed by atoms with Gasteiger partial charge in [0.1, 0.15) is 0 Å². The molecule has 1 saturated heterocycles. The Morgan fingerprint density at radius 3 is 2.32 bits per heavy atom. The third-order valence-corrected chi connectivity index (χ3v) is 7.10. The summed E-state index contributed by atoms with van der Waals surface area (Å²) in [5.41, 5.74) is 3.68. The minimum Gasteiger partial charge on any atom is -0.480 e. The number of aryl methyl sites for hydroxylation is 1. The standard InChI is InChI=1S/C26H27N3O5/c1-16-14-20(18-6-7-18)8-9-21(16)23-27-22(28-34-23)19-4-2-17(3-5-19)15-29-12-10-26(11-13-29,24(30)31)25(32)33/h2-5,8-9,14,18H,6-7,10-13,15H2,1H3,(H,30,31)(H,32,33). The van der Waals surface area contributed by atoms with E-state index in [1.807, 2.05) is 24.3 Å². The molecule has 1 aliphatic carbocycles. The Kier molecular flexibility index (Phi) is 5.69. The van der Waals surface area contributed by atoms with Gasteiger partial charge in [-0.15, -0.1) is 0 Å².